The summed E-state index contributed by atoms with van der Waals surface area (Å²) in [5.41, 5.74) is 4.40. The average Bonchev–Trinajstić information content (AvgIpc) is 3.36. The third-order valence-electron chi connectivity index (χ3n) is 5.94. The molecule has 8 bridgehead atoms. The van der Waals surface area contributed by atoms with E-state index in [9.17, 15) is 13.2 Å². The molecule has 11 heteroatoms. The van der Waals surface area contributed by atoms with Gasteiger partial charge >= 0.3 is 0 Å². The number of thiophene rings is 1. The lowest BCUT2D eigenvalue weighted by Crippen LogP contribution is -2.23. The first-order chi connectivity index (χ1) is 17.9. The van der Waals surface area contributed by atoms with E-state index in [1.807, 2.05) is 30.3 Å². The summed E-state index contributed by atoms with van der Waals surface area (Å²) in [6.45, 7) is 0.263. The van der Waals surface area contributed by atoms with Crippen molar-refractivity contribution in [1.82, 2.24) is 20.3 Å². The number of aromatic nitrogens is 3. The second kappa shape index (κ2) is 8.95. The molecule has 0 aliphatic carbocycles. The van der Waals surface area contributed by atoms with Crippen LogP contribution in [-0.2, 0) is 16.6 Å². The Morgan fingerprint density at radius 3 is 2.65 bits per heavy atom. The van der Waals surface area contributed by atoms with Gasteiger partial charge in [0, 0.05) is 34.3 Å². The summed E-state index contributed by atoms with van der Waals surface area (Å²) in [6.07, 6.45) is 3.14. The van der Waals surface area contributed by atoms with Gasteiger partial charge in [-0.15, -0.1) is 11.3 Å². The van der Waals surface area contributed by atoms with E-state index in [0.717, 1.165) is 31.9 Å². The lowest BCUT2D eigenvalue weighted by atomic mass is 10.1. The fourth-order valence-electron chi connectivity index (χ4n) is 4.15. The molecular weight excluding hydrogens is 510 g/mol. The number of hydrogen-bond donors (Lipinski definition) is 2. The third kappa shape index (κ3) is 4.28. The zero-order chi connectivity index (χ0) is 25.6. The Kier molecular flexibility index (Phi) is 5.58. The smallest absolute Gasteiger partial charge is 0.262 e. The molecule has 37 heavy (non-hydrogen) atoms. The number of nitrogens with zero attached hydrogens (tertiary/aromatic N) is 3. The van der Waals surface area contributed by atoms with Crippen molar-refractivity contribution in [3.63, 3.8) is 0 Å². The number of amides is 1. The maximum absolute atomic E-state index is 13.3. The maximum atomic E-state index is 13.3. The van der Waals surface area contributed by atoms with Gasteiger partial charge in [-0.1, -0.05) is 24.3 Å². The standard InChI is InChI=1S/C26H19N5O4S2/c1-35-26-21-10-18(13-28-26)22-11-20-24(36-22)23(30-14-29-20)16-5-2-4-15(8-16)12-27-25(32)17-6-3-7-19(9-17)37(33,34)31-21/h2-11,13-14,31H,12H2,1H3,(H,27,32). The van der Waals surface area contributed by atoms with Gasteiger partial charge in [-0.3, -0.25) is 9.52 Å². The minimum atomic E-state index is -4.05. The predicted octanol–water partition coefficient (Wildman–Crippen LogP) is 4.47. The molecule has 2 aromatic carbocycles. The summed E-state index contributed by atoms with van der Waals surface area (Å²) < 4.78 is 35.3. The highest BCUT2D eigenvalue weighted by molar-refractivity contribution is 7.92. The number of benzene rings is 2. The first-order valence-corrected chi connectivity index (χ1v) is 13.5. The molecule has 6 rings (SSSR count). The van der Waals surface area contributed by atoms with Gasteiger partial charge in [0.1, 0.15) is 12.0 Å². The van der Waals surface area contributed by atoms with Gasteiger partial charge < -0.3 is 10.1 Å². The fraction of sp³-hybridized carbons (Fsp3) is 0.0769. The van der Waals surface area contributed by atoms with Crippen LogP contribution >= 0.6 is 11.3 Å². The summed E-state index contributed by atoms with van der Waals surface area (Å²) in [6, 6.07) is 17.2. The Morgan fingerprint density at radius 1 is 0.946 bits per heavy atom. The molecule has 1 aliphatic rings. The van der Waals surface area contributed by atoms with Crippen molar-refractivity contribution in [3.05, 3.63) is 84.3 Å². The lowest BCUT2D eigenvalue weighted by Gasteiger charge is -2.13. The van der Waals surface area contributed by atoms with Crippen LogP contribution in [0.3, 0.4) is 0 Å². The fourth-order valence-corrected chi connectivity index (χ4v) is 6.34. The van der Waals surface area contributed by atoms with E-state index in [1.165, 1.54) is 43.0 Å². The quantitative estimate of drug-likeness (QED) is 0.328. The maximum Gasteiger partial charge on any atom is 0.262 e. The summed E-state index contributed by atoms with van der Waals surface area (Å²) in [5, 5.41) is 2.87. The molecule has 0 fully saturated rings. The SMILES string of the molecule is COc1ncc2cc1NS(=O)(=O)c1cccc(c1)C(=O)NCc1cccc(c1)-c1ncnc3cc-2sc13. The topological polar surface area (TPSA) is 123 Å². The Morgan fingerprint density at radius 2 is 1.78 bits per heavy atom. The number of anilines is 1. The zero-order valence-corrected chi connectivity index (χ0v) is 21.1. The van der Waals surface area contributed by atoms with Gasteiger partial charge in [-0.25, -0.2) is 23.4 Å². The molecule has 0 saturated carbocycles. The normalized spacial score (nSPS) is 14.4. The molecule has 0 saturated heterocycles. The molecule has 9 nitrogen and oxygen atoms in total. The molecule has 0 unspecified atom stereocenters. The van der Waals surface area contributed by atoms with Crippen LogP contribution in [0.2, 0.25) is 0 Å². The average molecular weight is 530 g/mol. The molecule has 0 spiro atoms. The molecular formula is C26H19N5O4S2. The minimum Gasteiger partial charge on any atom is -0.480 e. The largest absolute Gasteiger partial charge is 0.480 e. The molecule has 0 radical (unpaired) electrons. The van der Waals surface area contributed by atoms with Crippen molar-refractivity contribution >= 4 is 43.2 Å². The monoisotopic (exact) mass is 529 g/mol. The van der Waals surface area contributed by atoms with Crippen molar-refractivity contribution in [2.75, 3.05) is 11.8 Å². The van der Waals surface area contributed by atoms with Crippen LogP contribution in [0, 0.1) is 0 Å². The van der Waals surface area contributed by atoms with Crippen LogP contribution in [-0.4, -0.2) is 36.4 Å². The van der Waals surface area contributed by atoms with Gasteiger partial charge in [0.25, 0.3) is 15.9 Å². The number of carbonyl (C=O) groups is 1. The lowest BCUT2D eigenvalue weighted by molar-refractivity contribution is 0.0950. The molecule has 3 aromatic heterocycles. The highest BCUT2D eigenvalue weighted by atomic mass is 32.2. The van der Waals surface area contributed by atoms with Crippen LogP contribution in [0.15, 0.2) is 78.1 Å². The molecule has 2 N–H and O–H groups in total. The molecule has 184 valence electrons. The van der Waals surface area contributed by atoms with E-state index in [2.05, 4.69) is 25.0 Å². The van der Waals surface area contributed by atoms with Crippen molar-refractivity contribution in [1.29, 1.82) is 0 Å². The van der Waals surface area contributed by atoms with Gasteiger partial charge in [0.15, 0.2) is 0 Å². The number of rotatable bonds is 1. The van der Waals surface area contributed by atoms with E-state index in [-0.39, 0.29) is 28.6 Å². The van der Waals surface area contributed by atoms with Gasteiger partial charge in [-0.2, -0.15) is 0 Å². The van der Waals surface area contributed by atoms with E-state index in [0.29, 0.717) is 5.56 Å². The van der Waals surface area contributed by atoms with Crippen LogP contribution < -0.4 is 14.8 Å². The van der Waals surface area contributed by atoms with Crippen molar-refractivity contribution in [3.8, 4) is 27.6 Å². The van der Waals surface area contributed by atoms with Crippen LogP contribution in [0.4, 0.5) is 5.69 Å². The summed E-state index contributed by atoms with van der Waals surface area (Å²) in [7, 11) is -2.64. The van der Waals surface area contributed by atoms with Gasteiger partial charge in [0.2, 0.25) is 5.88 Å². The number of fused-ring (bicyclic) bond motifs is 9. The van der Waals surface area contributed by atoms with E-state index in [4.69, 9.17) is 4.74 Å². The second-order valence-corrected chi connectivity index (χ2v) is 11.1. The second-order valence-electron chi connectivity index (χ2n) is 8.34. The first kappa shape index (κ1) is 23.1. The Bertz CT molecular complexity index is 1800. The van der Waals surface area contributed by atoms with E-state index < -0.39 is 15.9 Å². The molecule has 0 atom stereocenters. The summed E-state index contributed by atoms with van der Waals surface area (Å²) in [4.78, 5) is 27.0. The Labute approximate surface area is 216 Å². The molecule has 5 aromatic rings. The molecule has 1 amide bonds. The number of sulfonamides is 1. The number of carbonyl (C=O) groups excluding carboxylic acids is 1. The minimum absolute atomic E-state index is 0.0579. The summed E-state index contributed by atoms with van der Waals surface area (Å²) >= 11 is 1.48. The first-order valence-electron chi connectivity index (χ1n) is 11.2. The van der Waals surface area contributed by atoms with E-state index >= 15 is 0 Å². The van der Waals surface area contributed by atoms with Crippen LogP contribution in [0.25, 0.3) is 31.9 Å². The Balaban J connectivity index is 1.58. The Hall–Kier alpha value is -4.35. The zero-order valence-electron chi connectivity index (χ0n) is 19.4. The molecule has 1 aliphatic heterocycles. The van der Waals surface area contributed by atoms with Crippen molar-refractivity contribution < 1.29 is 17.9 Å². The molecule has 4 heterocycles. The number of ether oxygens (including phenoxy) is 1. The van der Waals surface area contributed by atoms with E-state index in [1.54, 1.807) is 18.3 Å². The third-order valence-corrected chi connectivity index (χ3v) is 8.49. The predicted molar refractivity (Wildman–Crippen MR) is 141 cm³/mol. The van der Waals surface area contributed by atoms with Gasteiger partial charge in [0.05, 0.1) is 27.9 Å². The van der Waals surface area contributed by atoms with Gasteiger partial charge in [-0.05, 0) is 42.0 Å². The number of nitrogens with one attached hydrogen (secondary N) is 2. The number of methoxy groups -OCH3 is 1. The van der Waals surface area contributed by atoms with Crippen LogP contribution in [0.5, 0.6) is 5.88 Å². The van der Waals surface area contributed by atoms with Crippen LogP contribution in [0.1, 0.15) is 15.9 Å². The van der Waals surface area contributed by atoms with Crippen molar-refractivity contribution in [2.45, 2.75) is 11.4 Å². The highest BCUT2D eigenvalue weighted by Crippen LogP contribution is 2.39. The number of hydrogen-bond acceptors (Lipinski definition) is 8. The highest BCUT2D eigenvalue weighted by Gasteiger charge is 2.21. The van der Waals surface area contributed by atoms with Crippen molar-refractivity contribution in [2.24, 2.45) is 0 Å². The summed E-state index contributed by atoms with van der Waals surface area (Å²) in [5.74, 6) is -0.272. The number of pyridine rings is 1.